The maximum atomic E-state index is 12.1. The fourth-order valence-corrected chi connectivity index (χ4v) is 2.91. The Bertz CT molecular complexity index is 793. The molecule has 3 rings (SSSR count). The minimum absolute atomic E-state index is 0.209. The summed E-state index contributed by atoms with van der Waals surface area (Å²) in [4.78, 5) is 0. The van der Waals surface area contributed by atoms with Gasteiger partial charge in [0.05, 0.1) is 6.67 Å². The van der Waals surface area contributed by atoms with Crippen LogP contribution in [0.4, 0.5) is 10.1 Å². The molecule has 24 heavy (non-hydrogen) atoms. The average molecular weight is 320 g/mol. The van der Waals surface area contributed by atoms with Crippen LogP contribution in [-0.4, -0.2) is 13.2 Å². The first-order valence-electron chi connectivity index (χ1n) is 8.67. The number of hydrogen-bond donors (Lipinski definition) is 1. The molecule has 0 unspecified atom stereocenters. The lowest BCUT2D eigenvalue weighted by molar-refractivity contribution is 0.458. The highest BCUT2D eigenvalue weighted by Gasteiger charge is 2.01. The van der Waals surface area contributed by atoms with Gasteiger partial charge in [0.2, 0.25) is 0 Å². The lowest BCUT2D eigenvalue weighted by Gasteiger charge is -2.09. The van der Waals surface area contributed by atoms with E-state index < -0.39 is 0 Å². The number of fused-ring (bicyclic) bond motifs is 1. The van der Waals surface area contributed by atoms with E-state index in [0.29, 0.717) is 6.42 Å². The SMILES string of the molecule is Cc1ccc(-c2ccc3cc(NCCCCC[18F])ccc3c2)cc1. The predicted molar refractivity (Wildman–Crippen MR) is 102 cm³/mol. The molecule has 3 aromatic rings. The Morgan fingerprint density at radius 1 is 0.750 bits per heavy atom. The van der Waals surface area contributed by atoms with Crippen molar-refractivity contribution >= 4 is 16.5 Å². The van der Waals surface area contributed by atoms with Crippen molar-refractivity contribution in [2.45, 2.75) is 26.2 Å². The molecule has 0 saturated heterocycles. The summed E-state index contributed by atoms with van der Waals surface area (Å²) < 4.78 is 12.1. The molecule has 0 heterocycles. The van der Waals surface area contributed by atoms with Crippen molar-refractivity contribution in [1.82, 2.24) is 0 Å². The summed E-state index contributed by atoms with van der Waals surface area (Å²) in [6.07, 6.45) is 2.62. The minimum Gasteiger partial charge on any atom is -0.385 e. The molecule has 0 bridgehead atoms. The second-order valence-corrected chi connectivity index (χ2v) is 6.32. The number of unbranched alkanes of at least 4 members (excludes halogenated alkanes) is 2. The first-order valence-corrected chi connectivity index (χ1v) is 8.67. The van der Waals surface area contributed by atoms with Gasteiger partial charge >= 0.3 is 0 Å². The quantitative estimate of drug-likeness (QED) is 0.499. The van der Waals surface area contributed by atoms with Gasteiger partial charge in [-0.05, 0) is 66.3 Å². The van der Waals surface area contributed by atoms with Gasteiger partial charge in [-0.3, -0.25) is 4.39 Å². The number of halogens is 1. The highest BCUT2D eigenvalue weighted by Crippen LogP contribution is 2.26. The Labute approximate surface area is 143 Å². The van der Waals surface area contributed by atoms with Gasteiger partial charge in [-0.25, -0.2) is 0 Å². The number of nitrogens with one attached hydrogen (secondary N) is 1. The van der Waals surface area contributed by atoms with Crippen molar-refractivity contribution in [3.63, 3.8) is 0 Å². The van der Waals surface area contributed by atoms with Crippen LogP contribution in [-0.2, 0) is 0 Å². The number of hydrogen-bond acceptors (Lipinski definition) is 1. The average Bonchev–Trinajstić information content (AvgIpc) is 2.62. The molecule has 1 N–H and O–H groups in total. The minimum atomic E-state index is -0.209. The summed E-state index contributed by atoms with van der Waals surface area (Å²) in [6, 6.07) is 21.7. The van der Waals surface area contributed by atoms with Gasteiger partial charge in [-0.2, -0.15) is 0 Å². The molecule has 124 valence electrons. The number of rotatable bonds is 7. The molecule has 1 nitrogen and oxygen atoms in total. The summed E-state index contributed by atoms with van der Waals surface area (Å²) in [5.41, 5.74) is 4.90. The van der Waals surface area contributed by atoms with E-state index >= 15 is 0 Å². The molecule has 0 atom stereocenters. The number of alkyl halides is 1. The molecule has 0 aromatic heterocycles. The van der Waals surface area contributed by atoms with Crippen molar-refractivity contribution in [3.8, 4) is 11.1 Å². The molecule has 0 aliphatic carbocycles. The van der Waals surface area contributed by atoms with Crippen molar-refractivity contribution in [2.24, 2.45) is 0 Å². The van der Waals surface area contributed by atoms with Crippen LogP contribution >= 0.6 is 0 Å². The van der Waals surface area contributed by atoms with Crippen molar-refractivity contribution in [2.75, 3.05) is 18.5 Å². The predicted octanol–water partition coefficient (Wildman–Crippen LogP) is 6.37. The highest BCUT2D eigenvalue weighted by atomic mass is 18.2. The van der Waals surface area contributed by atoms with Crippen LogP contribution < -0.4 is 5.32 Å². The molecular weight excluding hydrogens is 296 g/mol. The maximum absolute atomic E-state index is 12.1. The first-order chi connectivity index (χ1) is 11.8. The van der Waals surface area contributed by atoms with Crippen LogP contribution in [0.15, 0.2) is 60.7 Å². The van der Waals surface area contributed by atoms with Crippen LogP contribution in [0.1, 0.15) is 24.8 Å². The van der Waals surface area contributed by atoms with Crippen molar-refractivity contribution < 1.29 is 4.39 Å². The van der Waals surface area contributed by atoms with Crippen LogP contribution in [0, 0.1) is 6.92 Å². The maximum Gasteiger partial charge on any atom is 0.0894 e. The monoisotopic (exact) mass is 320 g/mol. The summed E-state index contributed by atoms with van der Waals surface area (Å²) in [7, 11) is 0. The largest absolute Gasteiger partial charge is 0.385 e. The zero-order chi connectivity index (χ0) is 16.8. The van der Waals surface area contributed by atoms with Gasteiger partial charge in [-0.1, -0.05) is 48.0 Å². The molecule has 0 saturated carbocycles. The molecule has 2 heteroatoms. The molecule has 0 radical (unpaired) electrons. The fourth-order valence-electron chi connectivity index (χ4n) is 2.91. The first kappa shape index (κ1) is 16.5. The molecule has 0 fully saturated rings. The molecule has 0 aliphatic heterocycles. The van der Waals surface area contributed by atoms with Gasteiger partial charge in [0.1, 0.15) is 0 Å². The fraction of sp³-hybridized carbons (Fsp3) is 0.273. The Morgan fingerprint density at radius 3 is 2.25 bits per heavy atom. The third-order valence-electron chi connectivity index (χ3n) is 4.36. The van der Waals surface area contributed by atoms with E-state index in [1.807, 2.05) is 0 Å². The number of benzene rings is 3. The van der Waals surface area contributed by atoms with Gasteiger partial charge in [0, 0.05) is 12.2 Å². The summed E-state index contributed by atoms with van der Waals surface area (Å²) in [5, 5.41) is 5.91. The second-order valence-electron chi connectivity index (χ2n) is 6.32. The zero-order valence-electron chi connectivity index (χ0n) is 14.2. The van der Waals surface area contributed by atoms with E-state index in [2.05, 4.69) is 72.9 Å². The van der Waals surface area contributed by atoms with Gasteiger partial charge < -0.3 is 5.32 Å². The number of aryl methyl sites for hydroxylation is 1. The van der Waals surface area contributed by atoms with E-state index in [-0.39, 0.29) is 6.67 Å². The van der Waals surface area contributed by atoms with E-state index in [1.165, 1.54) is 27.5 Å². The van der Waals surface area contributed by atoms with Gasteiger partial charge in [0.15, 0.2) is 0 Å². The Kier molecular flexibility index (Phi) is 5.47. The Hall–Kier alpha value is -2.35. The third kappa shape index (κ3) is 4.14. The molecular formula is C22H24FN. The van der Waals surface area contributed by atoms with E-state index in [4.69, 9.17) is 0 Å². The smallest absolute Gasteiger partial charge is 0.0894 e. The van der Waals surface area contributed by atoms with Crippen molar-refractivity contribution in [1.29, 1.82) is 0 Å². The molecule has 0 amide bonds. The topological polar surface area (TPSA) is 12.0 Å². The Balaban J connectivity index is 1.72. The highest BCUT2D eigenvalue weighted by molar-refractivity contribution is 5.89. The summed E-state index contributed by atoms with van der Waals surface area (Å²) in [5.74, 6) is 0. The van der Waals surface area contributed by atoms with Crippen molar-refractivity contribution in [3.05, 3.63) is 66.2 Å². The van der Waals surface area contributed by atoms with E-state index in [0.717, 1.165) is 25.1 Å². The lowest BCUT2D eigenvalue weighted by atomic mass is 10.00. The van der Waals surface area contributed by atoms with E-state index in [1.54, 1.807) is 0 Å². The van der Waals surface area contributed by atoms with Crippen LogP contribution in [0.5, 0.6) is 0 Å². The summed E-state index contributed by atoms with van der Waals surface area (Å²) >= 11 is 0. The van der Waals surface area contributed by atoms with Crippen LogP contribution in [0.2, 0.25) is 0 Å². The summed E-state index contributed by atoms with van der Waals surface area (Å²) in [6.45, 7) is 2.79. The van der Waals surface area contributed by atoms with E-state index in [9.17, 15) is 4.39 Å². The normalized spacial score (nSPS) is 10.9. The number of anilines is 1. The van der Waals surface area contributed by atoms with Gasteiger partial charge in [0.25, 0.3) is 0 Å². The molecule has 0 spiro atoms. The third-order valence-corrected chi connectivity index (χ3v) is 4.36. The standard InChI is InChI=1S/C22H24FN/c1-17-5-7-18(8-6-17)19-9-10-21-16-22(12-11-20(21)15-19)24-14-4-2-3-13-23/h5-12,15-16,24H,2-4,13-14H2,1H3/i23-1. The zero-order valence-corrected chi connectivity index (χ0v) is 14.2. The molecule has 0 aliphatic rings. The lowest BCUT2D eigenvalue weighted by Crippen LogP contribution is -2.01. The van der Waals surface area contributed by atoms with Crippen LogP contribution in [0.25, 0.3) is 21.9 Å². The molecule has 3 aromatic carbocycles. The van der Waals surface area contributed by atoms with Gasteiger partial charge in [-0.15, -0.1) is 0 Å². The Morgan fingerprint density at radius 2 is 1.46 bits per heavy atom. The van der Waals surface area contributed by atoms with Crippen LogP contribution in [0.3, 0.4) is 0 Å². The second kappa shape index (κ2) is 7.96.